The van der Waals surface area contributed by atoms with Gasteiger partial charge in [0, 0.05) is 24.9 Å². The molecule has 1 aromatic carbocycles. The summed E-state index contributed by atoms with van der Waals surface area (Å²) in [6, 6.07) is 9.85. The molecule has 0 aliphatic carbocycles. The topological polar surface area (TPSA) is 56.1 Å². The maximum Gasteiger partial charge on any atom is 0.222 e. The Bertz CT molecular complexity index is 897. The zero-order valence-corrected chi connectivity index (χ0v) is 13.7. The first kappa shape index (κ1) is 15.1. The number of anilines is 1. The smallest absolute Gasteiger partial charge is 0.222 e. The molecule has 118 valence electrons. The predicted octanol–water partition coefficient (Wildman–Crippen LogP) is 3.52. The number of aromatic nitrogens is 2. The Kier molecular flexibility index (Phi) is 3.78. The molecule has 5 nitrogen and oxygen atoms in total. The van der Waals surface area contributed by atoms with Gasteiger partial charge in [-0.05, 0) is 30.7 Å². The second kappa shape index (κ2) is 5.76. The molecule has 0 spiro atoms. The fourth-order valence-electron chi connectivity index (χ4n) is 2.99. The molecule has 2 heterocycles. The number of carbonyl (C=O) groups is 1. The van der Waals surface area contributed by atoms with E-state index in [9.17, 15) is 4.79 Å². The molecule has 0 fully saturated rings. The number of carbonyl (C=O) groups excluding carboxylic acids is 1. The highest BCUT2D eigenvalue weighted by Gasteiger charge is 2.17. The van der Waals surface area contributed by atoms with Crippen LogP contribution in [0.4, 0.5) is 5.82 Å². The second-order valence-electron chi connectivity index (χ2n) is 5.50. The number of methoxy groups -OCH3 is 1. The van der Waals surface area contributed by atoms with Crippen LogP contribution in [0.2, 0.25) is 0 Å². The van der Waals surface area contributed by atoms with Crippen LogP contribution in [0.1, 0.15) is 12.5 Å². The van der Waals surface area contributed by atoms with E-state index in [0.717, 1.165) is 33.5 Å². The summed E-state index contributed by atoms with van der Waals surface area (Å²) in [5.41, 5.74) is 4.25. The van der Waals surface area contributed by atoms with Crippen molar-refractivity contribution in [2.75, 3.05) is 12.4 Å². The minimum Gasteiger partial charge on any atom is -0.496 e. The number of aryl methyl sites for hydroxylation is 2. The summed E-state index contributed by atoms with van der Waals surface area (Å²) in [5, 5.41) is 3.79. The van der Waals surface area contributed by atoms with Gasteiger partial charge in [0.2, 0.25) is 5.91 Å². The number of amides is 1. The quantitative estimate of drug-likeness (QED) is 0.805. The summed E-state index contributed by atoms with van der Waals surface area (Å²) in [5.74, 6) is 1.26. The van der Waals surface area contributed by atoms with Crippen LogP contribution in [0.15, 0.2) is 36.5 Å². The van der Waals surface area contributed by atoms with Crippen molar-refractivity contribution >= 4 is 22.6 Å². The van der Waals surface area contributed by atoms with Gasteiger partial charge in [-0.25, -0.2) is 4.98 Å². The average Bonchev–Trinajstić information content (AvgIpc) is 2.78. The number of nitrogens with zero attached hydrogens (tertiary/aromatic N) is 2. The predicted molar refractivity (Wildman–Crippen MR) is 91.7 cm³/mol. The van der Waals surface area contributed by atoms with Crippen LogP contribution >= 0.6 is 0 Å². The molecule has 23 heavy (non-hydrogen) atoms. The Morgan fingerprint density at radius 1 is 1.30 bits per heavy atom. The van der Waals surface area contributed by atoms with Gasteiger partial charge in [-0.3, -0.25) is 4.79 Å². The largest absolute Gasteiger partial charge is 0.496 e. The van der Waals surface area contributed by atoms with E-state index >= 15 is 0 Å². The summed E-state index contributed by atoms with van der Waals surface area (Å²) in [4.78, 5) is 15.6. The van der Waals surface area contributed by atoms with Crippen molar-refractivity contribution in [3.05, 3.63) is 42.1 Å². The number of nitrogens with one attached hydrogen (secondary N) is 1. The van der Waals surface area contributed by atoms with E-state index in [0.29, 0.717) is 5.82 Å². The summed E-state index contributed by atoms with van der Waals surface area (Å²) in [6.07, 6.45) is 1.78. The molecule has 1 N–H and O–H groups in total. The van der Waals surface area contributed by atoms with Gasteiger partial charge >= 0.3 is 0 Å². The summed E-state index contributed by atoms with van der Waals surface area (Å²) in [6.45, 7) is 3.55. The SMILES string of the molecule is COc1ccccc1-c1c(C)c2cc(NC(C)=O)ncc2n1C. The van der Waals surface area contributed by atoms with Crippen molar-refractivity contribution in [1.29, 1.82) is 0 Å². The standard InChI is InChI=1S/C18H19N3O2/c1-11-14-9-17(20-12(2)22)19-10-15(14)21(3)18(11)13-7-5-6-8-16(13)23-4/h5-10H,1-4H3,(H,19,20,22). The number of benzene rings is 1. The molecule has 0 unspecified atom stereocenters. The Morgan fingerprint density at radius 2 is 2.04 bits per heavy atom. The summed E-state index contributed by atoms with van der Waals surface area (Å²) < 4.78 is 7.60. The number of para-hydroxylation sites is 1. The Labute approximate surface area is 134 Å². The Morgan fingerprint density at radius 3 is 2.74 bits per heavy atom. The van der Waals surface area contributed by atoms with E-state index in [2.05, 4.69) is 21.8 Å². The fraction of sp³-hybridized carbons (Fsp3) is 0.222. The molecule has 0 saturated heterocycles. The van der Waals surface area contributed by atoms with E-state index in [1.54, 1.807) is 13.3 Å². The lowest BCUT2D eigenvalue weighted by Crippen LogP contribution is -2.07. The van der Waals surface area contributed by atoms with Gasteiger partial charge in [0.25, 0.3) is 0 Å². The second-order valence-corrected chi connectivity index (χ2v) is 5.50. The summed E-state index contributed by atoms with van der Waals surface area (Å²) in [7, 11) is 3.68. The van der Waals surface area contributed by atoms with Crippen LogP contribution in [0.5, 0.6) is 5.75 Å². The highest BCUT2D eigenvalue weighted by Crippen LogP contribution is 2.37. The lowest BCUT2D eigenvalue weighted by atomic mass is 10.1. The molecule has 2 aromatic heterocycles. The maximum atomic E-state index is 11.2. The molecular formula is C18H19N3O2. The van der Waals surface area contributed by atoms with E-state index in [4.69, 9.17) is 4.74 Å². The van der Waals surface area contributed by atoms with Crippen LogP contribution < -0.4 is 10.1 Å². The van der Waals surface area contributed by atoms with Crippen molar-refractivity contribution in [2.45, 2.75) is 13.8 Å². The number of rotatable bonds is 3. The van der Waals surface area contributed by atoms with Crippen molar-refractivity contribution in [1.82, 2.24) is 9.55 Å². The minimum absolute atomic E-state index is 0.129. The molecule has 0 saturated carbocycles. The normalized spacial score (nSPS) is 10.8. The van der Waals surface area contributed by atoms with E-state index in [1.165, 1.54) is 6.92 Å². The summed E-state index contributed by atoms with van der Waals surface area (Å²) >= 11 is 0. The Balaban J connectivity index is 2.24. The van der Waals surface area contributed by atoms with Crippen LogP contribution in [0, 0.1) is 6.92 Å². The lowest BCUT2D eigenvalue weighted by molar-refractivity contribution is -0.114. The molecule has 3 rings (SSSR count). The number of ether oxygens (including phenoxy) is 1. The van der Waals surface area contributed by atoms with E-state index < -0.39 is 0 Å². The molecule has 0 aliphatic heterocycles. The minimum atomic E-state index is -0.129. The van der Waals surface area contributed by atoms with Gasteiger partial charge in [-0.15, -0.1) is 0 Å². The third-order valence-corrected chi connectivity index (χ3v) is 4.01. The molecule has 0 aliphatic rings. The third-order valence-electron chi connectivity index (χ3n) is 4.01. The number of fused-ring (bicyclic) bond motifs is 1. The first-order chi connectivity index (χ1) is 11.0. The average molecular weight is 309 g/mol. The third kappa shape index (κ3) is 2.54. The lowest BCUT2D eigenvalue weighted by Gasteiger charge is -2.10. The first-order valence-electron chi connectivity index (χ1n) is 7.39. The molecule has 0 atom stereocenters. The van der Waals surface area contributed by atoms with Gasteiger partial charge in [0.05, 0.1) is 24.5 Å². The Hall–Kier alpha value is -2.82. The van der Waals surface area contributed by atoms with Gasteiger partial charge in [-0.1, -0.05) is 12.1 Å². The van der Waals surface area contributed by atoms with Crippen molar-refractivity contribution in [3.8, 4) is 17.0 Å². The molecule has 0 bridgehead atoms. The highest BCUT2D eigenvalue weighted by molar-refractivity contribution is 5.95. The van der Waals surface area contributed by atoms with Crippen LogP contribution in [0.25, 0.3) is 22.2 Å². The number of hydrogen-bond donors (Lipinski definition) is 1. The fourth-order valence-corrected chi connectivity index (χ4v) is 2.99. The monoisotopic (exact) mass is 309 g/mol. The van der Waals surface area contributed by atoms with Gasteiger partial charge in [-0.2, -0.15) is 0 Å². The number of pyridine rings is 1. The van der Waals surface area contributed by atoms with Crippen LogP contribution in [0.3, 0.4) is 0 Å². The zero-order chi connectivity index (χ0) is 16.6. The van der Waals surface area contributed by atoms with Crippen molar-refractivity contribution in [3.63, 3.8) is 0 Å². The zero-order valence-electron chi connectivity index (χ0n) is 13.7. The molecule has 5 heteroatoms. The molecular weight excluding hydrogens is 290 g/mol. The van der Waals surface area contributed by atoms with Gasteiger partial charge in [0.15, 0.2) is 0 Å². The van der Waals surface area contributed by atoms with Crippen molar-refractivity contribution in [2.24, 2.45) is 7.05 Å². The molecule has 0 radical (unpaired) electrons. The van der Waals surface area contributed by atoms with E-state index in [-0.39, 0.29) is 5.91 Å². The number of hydrogen-bond acceptors (Lipinski definition) is 3. The molecule has 1 amide bonds. The van der Waals surface area contributed by atoms with Crippen LogP contribution in [-0.2, 0) is 11.8 Å². The molecule has 3 aromatic rings. The van der Waals surface area contributed by atoms with Crippen molar-refractivity contribution < 1.29 is 9.53 Å². The first-order valence-corrected chi connectivity index (χ1v) is 7.39. The van der Waals surface area contributed by atoms with Crippen LogP contribution in [-0.4, -0.2) is 22.6 Å². The highest BCUT2D eigenvalue weighted by atomic mass is 16.5. The van der Waals surface area contributed by atoms with E-state index in [1.807, 2.05) is 37.4 Å². The van der Waals surface area contributed by atoms with Gasteiger partial charge < -0.3 is 14.6 Å². The van der Waals surface area contributed by atoms with Gasteiger partial charge in [0.1, 0.15) is 11.6 Å². The maximum absolute atomic E-state index is 11.2.